The summed E-state index contributed by atoms with van der Waals surface area (Å²) >= 11 is 0. The van der Waals surface area contributed by atoms with Crippen LogP contribution in [0.15, 0.2) is 60.9 Å². The second kappa shape index (κ2) is 14.5. The number of amides is 1. The number of aromatic nitrogens is 2. The van der Waals surface area contributed by atoms with Gasteiger partial charge in [-0.25, -0.2) is 4.79 Å². The van der Waals surface area contributed by atoms with Crippen molar-refractivity contribution in [1.29, 1.82) is 0 Å². The maximum Gasteiger partial charge on any atom is 0.407 e. The molecule has 4 rings (SSSR count). The number of rotatable bonds is 14. The van der Waals surface area contributed by atoms with Gasteiger partial charge in [0.25, 0.3) is 0 Å². The molecule has 2 heterocycles. The molecule has 42 heavy (non-hydrogen) atoms. The maximum absolute atomic E-state index is 12.1. The number of carbonyl (C=O) groups is 1. The molecule has 5 nitrogen and oxygen atoms in total. The monoisotopic (exact) mass is 567 g/mol. The average Bonchev–Trinajstić information content (AvgIpc) is 3.35. The van der Waals surface area contributed by atoms with Crippen LogP contribution in [0.1, 0.15) is 95.4 Å². The van der Waals surface area contributed by atoms with E-state index in [-0.39, 0.29) is 5.92 Å². The predicted molar refractivity (Wildman–Crippen MR) is 176 cm³/mol. The maximum atomic E-state index is 12.1. The van der Waals surface area contributed by atoms with Gasteiger partial charge in [-0.2, -0.15) is 0 Å². The van der Waals surface area contributed by atoms with Crippen molar-refractivity contribution in [2.45, 2.75) is 92.4 Å². The first-order chi connectivity index (χ1) is 20.3. The van der Waals surface area contributed by atoms with E-state index in [0.29, 0.717) is 19.0 Å². The van der Waals surface area contributed by atoms with E-state index >= 15 is 0 Å². The van der Waals surface area contributed by atoms with Crippen LogP contribution in [-0.2, 0) is 19.3 Å². The smallest absolute Gasteiger partial charge is 0.407 e. The van der Waals surface area contributed by atoms with E-state index in [0.717, 1.165) is 61.8 Å². The van der Waals surface area contributed by atoms with Gasteiger partial charge in [-0.1, -0.05) is 84.7 Å². The summed E-state index contributed by atoms with van der Waals surface area (Å²) in [6.45, 7) is 14.3. The summed E-state index contributed by atoms with van der Waals surface area (Å²) in [5.41, 5.74) is 9.71. The van der Waals surface area contributed by atoms with Crippen molar-refractivity contribution >= 4 is 17.0 Å². The minimum atomic E-state index is -0.813. The standard InChI is InChI=1S/C37H49N3O2/c1-7-11-20-39(37(41)42)24-27(13-8-2)21-31-25-40(32-18-16-30(17-19-32)26(5)6)35-23-38-34(22-33(31)35)36-28(9-3)14-12-15-29(36)10-4/h12,14-19,22-23,25-27H,7-11,13,20-21,24H2,1-6H3,(H,41,42). The minimum Gasteiger partial charge on any atom is -0.465 e. The highest BCUT2D eigenvalue weighted by atomic mass is 16.4. The van der Waals surface area contributed by atoms with Crippen molar-refractivity contribution in [3.63, 3.8) is 0 Å². The van der Waals surface area contributed by atoms with Crippen molar-refractivity contribution in [2.24, 2.45) is 5.92 Å². The summed E-state index contributed by atoms with van der Waals surface area (Å²) in [7, 11) is 0. The van der Waals surface area contributed by atoms with E-state index in [4.69, 9.17) is 4.98 Å². The summed E-state index contributed by atoms with van der Waals surface area (Å²) in [6, 6.07) is 17.7. The Hall–Kier alpha value is -3.60. The third-order valence-corrected chi connectivity index (χ3v) is 8.60. The summed E-state index contributed by atoms with van der Waals surface area (Å²) < 4.78 is 2.27. The first-order valence-corrected chi connectivity index (χ1v) is 16.0. The number of nitrogens with zero attached hydrogens (tertiary/aromatic N) is 3. The fourth-order valence-electron chi connectivity index (χ4n) is 6.20. The summed E-state index contributed by atoms with van der Waals surface area (Å²) in [4.78, 5) is 18.8. The van der Waals surface area contributed by atoms with Crippen LogP contribution in [0.2, 0.25) is 0 Å². The van der Waals surface area contributed by atoms with Crippen LogP contribution in [0.4, 0.5) is 4.79 Å². The molecule has 2 aromatic carbocycles. The van der Waals surface area contributed by atoms with E-state index in [1.807, 2.05) is 6.20 Å². The summed E-state index contributed by atoms with van der Waals surface area (Å²) in [5, 5.41) is 11.1. The molecule has 0 spiro atoms. The lowest BCUT2D eigenvalue weighted by Gasteiger charge is -2.25. The van der Waals surface area contributed by atoms with Gasteiger partial charge in [0.05, 0.1) is 17.4 Å². The van der Waals surface area contributed by atoms with E-state index < -0.39 is 6.09 Å². The average molecular weight is 568 g/mol. The van der Waals surface area contributed by atoms with Crippen LogP contribution < -0.4 is 0 Å². The van der Waals surface area contributed by atoms with Gasteiger partial charge in [0.15, 0.2) is 0 Å². The van der Waals surface area contributed by atoms with Crippen molar-refractivity contribution < 1.29 is 9.90 Å². The lowest BCUT2D eigenvalue weighted by atomic mass is 9.92. The Balaban J connectivity index is 1.84. The topological polar surface area (TPSA) is 58.4 Å². The number of fused-ring (bicyclic) bond motifs is 1. The van der Waals surface area contributed by atoms with Crippen LogP contribution in [0.5, 0.6) is 0 Å². The highest BCUT2D eigenvalue weighted by Crippen LogP contribution is 2.34. The summed E-state index contributed by atoms with van der Waals surface area (Å²) in [6.07, 6.45) is 10.1. The molecule has 5 heteroatoms. The number of aryl methyl sites for hydroxylation is 2. The highest BCUT2D eigenvalue weighted by molar-refractivity contribution is 5.89. The molecule has 4 aromatic rings. The quantitative estimate of drug-likeness (QED) is 0.165. The molecular formula is C37H49N3O2. The number of carboxylic acid groups (broad SMARTS) is 1. The van der Waals surface area contributed by atoms with Gasteiger partial charge in [0.2, 0.25) is 0 Å². The second-order valence-electron chi connectivity index (χ2n) is 12.0. The Kier molecular flexibility index (Phi) is 10.8. The molecule has 1 N–H and O–H groups in total. The lowest BCUT2D eigenvalue weighted by molar-refractivity contribution is 0.134. The molecule has 0 aliphatic carbocycles. The van der Waals surface area contributed by atoms with Crippen LogP contribution in [-0.4, -0.2) is 38.7 Å². The van der Waals surface area contributed by atoms with Gasteiger partial charge < -0.3 is 14.6 Å². The molecule has 1 unspecified atom stereocenters. The van der Waals surface area contributed by atoms with E-state index in [1.54, 1.807) is 4.90 Å². The molecule has 1 amide bonds. The van der Waals surface area contributed by atoms with Crippen molar-refractivity contribution in [3.05, 3.63) is 83.2 Å². The number of pyridine rings is 1. The molecular weight excluding hydrogens is 518 g/mol. The number of hydrogen-bond donors (Lipinski definition) is 1. The molecule has 224 valence electrons. The normalized spacial score (nSPS) is 12.3. The molecule has 0 bridgehead atoms. The van der Waals surface area contributed by atoms with Gasteiger partial charge >= 0.3 is 6.09 Å². The first kappa shape index (κ1) is 31.3. The minimum absolute atomic E-state index is 0.246. The molecule has 0 aliphatic heterocycles. The van der Waals surface area contributed by atoms with Gasteiger partial charge in [-0.05, 0) is 84.4 Å². The van der Waals surface area contributed by atoms with Crippen molar-refractivity contribution in [2.75, 3.05) is 13.1 Å². The third kappa shape index (κ3) is 7.06. The van der Waals surface area contributed by atoms with Crippen molar-refractivity contribution in [3.8, 4) is 16.9 Å². The Labute approximate surface area is 252 Å². The van der Waals surface area contributed by atoms with Crippen molar-refractivity contribution in [1.82, 2.24) is 14.5 Å². The Morgan fingerprint density at radius 2 is 1.64 bits per heavy atom. The SMILES string of the molecule is CCCCN(CC(CCC)Cc1cn(-c2ccc(C(C)C)cc2)c2cnc(-c3c(CC)cccc3CC)cc12)C(=O)O. The first-order valence-electron chi connectivity index (χ1n) is 16.0. The fraction of sp³-hybridized carbons (Fsp3) is 0.459. The largest absolute Gasteiger partial charge is 0.465 e. The number of hydrogen-bond acceptors (Lipinski definition) is 2. The molecule has 1 atom stereocenters. The molecule has 0 radical (unpaired) electrons. The molecule has 0 saturated carbocycles. The fourth-order valence-corrected chi connectivity index (χ4v) is 6.20. The Morgan fingerprint density at radius 3 is 2.21 bits per heavy atom. The molecule has 0 saturated heterocycles. The van der Waals surface area contributed by atoms with Gasteiger partial charge in [-0.15, -0.1) is 0 Å². The Morgan fingerprint density at radius 1 is 0.952 bits per heavy atom. The van der Waals surface area contributed by atoms with E-state index in [2.05, 4.69) is 101 Å². The van der Waals surface area contributed by atoms with E-state index in [1.165, 1.54) is 33.2 Å². The molecule has 2 aromatic heterocycles. The second-order valence-corrected chi connectivity index (χ2v) is 12.0. The Bertz CT molecular complexity index is 1450. The zero-order valence-electron chi connectivity index (χ0n) is 26.5. The molecule has 0 fully saturated rings. The van der Waals surface area contributed by atoms with E-state index in [9.17, 15) is 9.90 Å². The lowest BCUT2D eigenvalue weighted by Crippen LogP contribution is -2.35. The van der Waals surface area contributed by atoms with Gasteiger partial charge in [0, 0.05) is 35.9 Å². The number of unbranched alkanes of at least 4 members (excludes halogenated alkanes) is 1. The highest BCUT2D eigenvalue weighted by Gasteiger charge is 2.22. The zero-order chi connectivity index (χ0) is 30.2. The third-order valence-electron chi connectivity index (χ3n) is 8.60. The molecule has 0 aliphatic rings. The van der Waals surface area contributed by atoms with Crippen LogP contribution in [0, 0.1) is 5.92 Å². The van der Waals surface area contributed by atoms with Crippen LogP contribution in [0.25, 0.3) is 27.8 Å². The zero-order valence-corrected chi connectivity index (χ0v) is 26.5. The predicted octanol–water partition coefficient (Wildman–Crippen LogP) is 9.68. The van der Waals surface area contributed by atoms with Crippen LogP contribution >= 0.6 is 0 Å². The number of benzene rings is 2. The van der Waals surface area contributed by atoms with Gasteiger partial charge in [-0.3, -0.25) is 4.98 Å². The summed E-state index contributed by atoms with van der Waals surface area (Å²) in [5.74, 6) is 0.724. The van der Waals surface area contributed by atoms with Gasteiger partial charge in [0.1, 0.15) is 0 Å². The van der Waals surface area contributed by atoms with Crippen LogP contribution in [0.3, 0.4) is 0 Å².